The van der Waals surface area contributed by atoms with E-state index in [1.165, 1.54) is 4.90 Å². The summed E-state index contributed by atoms with van der Waals surface area (Å²) in [6.45, 7) is 2.12. The number of nitrogens with zero attached hydrogens (tertiary/aromatic N) is 3. The number of aliphatic hydroxyl groups excluding tert-OH is 1. The number of rotatable bonds is 6. The van der Waals surface area contributed by atoms with Crippen LogP contribution in [0.3, 0.4) is 0 Å². The zero-order valence-electron chi connectivity index (χ0n) is 19.1. The average Bonchev–Trinajstić information content (AvgIpc) is 3.51. The summed E-state index contributed by atoms with van der Waals surface area (Å²) in [5.41, 5.74) is 10.1. The first-order chi connectivity index (χ1) is 16.4. The number of furan rings is 1. The molecule has 0 spiro atoms. The van der Waals surface area contributed by atoms with Gasteiger partial charge < -0.3 is 15.3 Å². The minimum atomic E-state index is -0.865. The van der Waals surface area contributed by atoms with E-state index in [4.69, 9.17) is 20.2 Å². The molecule has 1 amide bonds. The molecule has 4 heterocycles. The third kappa shape index (κ3) is 3.78. The summed E-state index contributed by atoms with van der Waals surface area (Å²) in [7, 11) is 1.66. The molecule has 7 nitrogen and oxygen atoms in total. The molecule has 3 aromatic heterocycles. The van der Waals surface area contributed by atoms with E-state index in [1.807, 2.05) is 43.6 Å². The van der Waals surface area contributed by atoms with Gasteiger partial charge in [-0.2, -0.15) is 0 Å². The number of aryl methyl sites for hydroxylation is 1. The Bertz CT molecular complexity index is 1390. The molecule has 1 aliphatic heterocycles. The number of carbonyl (C=O) groups is 1. The Hall–Kier alpha value is -3.49. The van der Waals surface area contributed by atoms with Crippen LogP contribution in [0.1, 0.15) is 35.3 Å². The Labute approximate surface area is 201 Å². The van der Waals surface area contributed by atoms with E-state index in [0.717, 1.165) is 44.5 Å². The fraction of sp³-hybridized carbons (Fsp3) is 0.269. The lowest BCUT2D eigenvalue weighted by Gasteiger charge is -2.40. The number of hydrogen-bond donors (Lipinski definition) is 2. The maximum absolute atomic E-state index is 13.5. The van der Waals surface area contributed by atoms with Crippen LogP contribution in [0.25, 0.3) is 22.1 Å². The number of nitrogens with two attached hydrogens (primary N) is 1. The molecule has 0 radical (unpaired) electrons. The van der Waals surface area contributed by atoms with Gasteiger partial charge in [0.15, 0.2) is 5.96 Å². The molecule has 8 heteroatoms. The topological polar surface area (TPSA) is 105 Å². The Morgan fingerprint density at radius 2 is 2.06 bits per heavy atom. The number of likely N-dealkylation sites (N-methyl/N-ethyl adjacent to an activating group) is 1. The van der Waals surface area contributed by atoms with Crippen molar-refractivity contribution < 1.29 is 14.3 Å². The third-order valence-electron chi connectivity index (χ3n) is 6.49. The first-order valence-electron chi connectivity index (χ1n) is 11.1. The van der Waals surface area contributed by atoms with Crippen LogP contribution in [0.15, 0.2) is 69.8 Å². The van der Waals surface area contributed by atoms with Gasteiger partial charge in [-0.15, -0.1) is 11.3 Å². The number of carbonyl (C=O) groups excluding carboxylic acids is 1. The van der Waals surface area contributed by atoms with Gasteiger partial charge in [0, 0.05) is 41.9 Å². The molecule has 0 saturated heterocycles. The van der Waals surface area contributed by atoms with Gasteiger partial charge in [-0.3, -0.25) is 14.7 Å². The lowest BCUT2D eigenvalue weighted by atomic mass is 9.77. The second-order valence-corrected chi connectivity index (χ2v) is 9.69. The highest BCUT2D eigenvalue weighted by molar-refractivity contribution is 7.10. The molecular weight excluding hydrogens is 448 g/mol. The lowest BCUT2D eigenvalue weighted by molar-refractivity contribution is -0.130. The quantitative estimate of drug-likeness (QED) is 0.434. The molecule has 4 aromatic rings. The van der Waals surface area contributed by atoms with Crippen molar-refractivity contribution in [3.8, 4) is 11.1 Å². The van der Waals surface area contributed by atoms with Crippen molar-refractivity contribution in [1.29, 1.82) is 0 Å². The maximum Gasteiger partial charge on any atom is 0.239 e. The standard InChI is InChI=1S/C26H26N4O3S/c1-26(22-12-20(15-34-22)19-10-16(4-3-8-31)13-28-14-19)23(24(32)30(2)25(27)29-26)18-5-6-21-17(11-18)7-9-33-21/h5-7,9-15,23,31H,3-4,8H2,1-2H3,(H2,27,29)/t23?,26-/m1/s1. The van der Waals surface area contributed by atoms with E-state index < -0.39 is 11.5 Å². The summed E-state index contributed by atoms with van der Waals surface area (Å²) >= 11 is 1.56. The third-order valence-corrected chi connectivity index (χ3v) is 7.65. The molecule has 0 aliphatic carbocycles. The monoisotopic (exact) mass is 474 g/mol. The van der Waals surface area contributed by atoms with Crippen molar-refractivity contribution in [3.05, 3.63) is 76.4 Å². The fourth-order valence-electron chi connectivity index (χ4n) is 4.57. The van der Waals surface area contributed by atoms with Crippen LogP contribution in [0.2, 0.25) is 0 Å². The van der Waals surface area contributed by atoms with Gasteiger partial charge >= 0.3 is 0 Å². The number of fused-ring (bicyclic) bond motifs is 1. The number of guanidine groups is 1. The van der Waals surface area contributed by atoms with E-state index >= 15 is 0 Å². The van der Waals surface area contributed by atoms with Crippen molar-refractivity contribution in [1.82, 2.24) is 9.88 Å². The SMILES string of the molecule is CN1C(=O)C(c2ccc3occc3c2)[C@@](C)(c2cc(-c3cncc(CCCO)c3)cs2)N=C1N. The Morgan fingerprint density at radius 1 is 1.21 bits per heavy atom. The first-order valence-corrected chi connectivity index (χ1v) is 12.0. The summed E-state index contributed by atoms with van der Waals surface area (Å²) in [6.07, 6.45) is 6.78. The highest BCUT2D eigenvalue weighted by atomic mass is 32.1. The van der Waals surface area contributed by atoms with Crippen LogP contribution in [0, 0.1) is 0 Å². The van der Waals surface area contributed by atoms with Crippen LogP contribution in [0.4, 0.5) is 0 Å². The summed E-state index contributed by atoms with van der Waals surface area (Å²) in [5, 5.41) is 12.1. The van der Waals surface area contributed by atoms with Gasteiger partial charge in [0.05, 0.1) is 12.2 Å². The molecule has 2 atom stereocenters. The van der Waals surface area contributed by atoms with Crippen LogP contribution < -0.4 is 5.73 Å². The van der Waals surface area contributed by atoms with Crippen molar-refractivity contribution in [2.45, 2.75) is 31.2 Å². The normalized spacial score (nSPS) is 20.7. The number of pyridine rings is 1. The number of hydrogen-bond acceptors (Lipinski definition) is 7. The molecule has 0 saturated carbocycles. The molecule has 1 unspecified atom stereocenters. The van der Waals surface area contributed by atoms with E-state index in [2.05, 4.69) is 22.5 Å². The number of aliphatic imine (C=N–C) groups is 1. The van der Waals surface area contributed by atoms with Crippen molar-refractivity contribution in [2.75, 3.05) is 13.7 Å². The van der Waals surface area contributed by atoms with Crippen molar-refractivity contribution in [2.24, 2.45) is 10.7 Å². The van der Waals surface area contributed by atoms with E-state index in [-0.39, 0.29) is 18.5 Å². The Morgan fingerprint density at radius 3 is 2.88 bits per heavy atom. The largest absolute Gasteiger partial charge is 0.464 e. The van der Waals surface area contributed by atoms with Crippen LogP contribution in [-0.4, -0.2) is 40.5 Å². The van der Waals surface area contributed by atoms with Gasteiger partial charge in [0.2, 0.25) is 5.91 Å². The van der Waals surface area contributed by atoms with E-state index in [9.17, 15) is 4.79 Å². The molecule has 5 rings (SSSR count). The van der Waals surface area contributed by atoms with Gasteiger partial charge in [-0.05, 0) is 72.2 Å². The molecule has 0 bridgehead atoms. The summed E-state index contributed by atoms with van der Waals surface area (Å²) in [4.78, 5) is 25.1. The minimum absolute atomic E-state index is 0.0968. The van der Waals surface area contributed by atoms with Crippen molar-refractivity contribution in [3.63, 3.8) is 0 Å². The number of aromatic nitrogens is 1. The molecule has 0 fully saturated rings. The highest BCUT2D eigenvalue weighted by Crippen LogP contribution is 2.47. The van der Waals surface area contributed by atoms with Crippen molar-refractivity contribution >= 4 is 34.2 Å². The maximum atomic E-state index is 13.5. The first kappa shape index (κ1) is 22.3. The predicted molar refractivity (Wildman–Crippen MR) is 134 cm³/mol. The molecule has 174 valence electrons. The molecule has 34 heavy (non-hydrogen) atoms. The number of amides is 1. The summed E-state index contributed by atoms with van der Waals surface area (Å²) in [5.74, 6) is -0.430. The minimum Gasteiger partial charge on any atom is -0.464 e. The second-order valence-electron chi connectivity index (χ2n) is 8.77. The fourth-order valence-corrected chi connectivity index (χ4v) is 5.63. The van der Waals surface area contributed by atoms with Crippen LogP contribution in [-0.2, 0) is 16.8 Å². The zero-order valence-corrected chi connectivity index (χ0v) is 19.9. The number of thiophene rings is 1. The highest BCUT2D eigenvalue weighted by Gasteiger charge is 2.48. The van der Waals surface area contributed by atoms with Crippen LogP contribution >= 0.6 is 11.3 Å². The van der Waals surface area contributed by atoms with Gasteiger partial charge in [-0.1, -0.05) is 6.07 Å². The summed E-state index contributed by atoms with van der Waals surface area (Å²) < 4.78 is 5.49. The van der Waals surface area contributed by atoms with E-state index in [0.29, 0.717) is 6.42 Å². The molecule has 1 aliphatic rings. The van der Waals surface area contributed by atoms with E-state index in [1.54, 1.807) is 24.6 Å². The van der Waals surface area contributed by atoms with Gasteiger partial charge in [-0.25, -0.2) is 4.99 Å². The smallest absolute Gasteiger partial charge is 0.239 e. The second kappa shape index (κ2) is 8.70. The lowest BCUT2D eigenvalue weighted by Crippen LogP contribution is -2.52. The van der Waals surface area contributed by atoms with Gasteiger partial charge in [0.25, 0.3) is 0 Å². The summed E-state index contributed by atoms with van der Waals surface area (Å²) in [6, 6.07) is 11.9. The molecule has 1 aromatic carbocycles. The van der Waals surface area contributed by atoms with Gasteiger partial charge in [0.1, 0.15) is 11.1 Å². The Kier molecular flexibility index (Phi) is 5.71. The number of aliphatic hydroxyl groups is 1. The number of benzene rings is 1. The zero-order chi connectivity index (χ0) is 23.9. The average molecular weight is 475 g/mol. The Balaban J connectivity index is 1.58. The predicted octanol–water partition coefficient (Wildman–Crippen LogP) is 4.27. The molecule has 3 N–H and O–H groups in total. The van der Waals surface area contributed by atoms with Crippen LogP contribution in [0.5, 0.6) is 0 Å². The molecular formula is C26H26N4O3S.